The average molecular weight is 264 g/mol. The first kappa shape index (κ1) is 13.4. The Bertz CT molecular complexity index is 436. The van der Waals surface area contributed by atoms with Crippen molar-refractivity contribution in [2.24, 2.45) is 0 Å². The topological polar surface area (TPSA) is 67.9 Å². The Balaban J connectivity index is 1.68. The number of carbonyl (C=O) groups excluding carboxylic acids is 2. The second kappa shape index (κ2) is 6.75. The summed E-state index contributed by atoms with van der Waals surface area (Å²) in [5.41, 5.74) is 0. The molecule has 0 radical (unpaired) electrons. The number of nitrogens with zero attached hydrogens (tertiary/aromatic N) is 1. The highest BCUT2D eigenvalue weighted by atomic mass is 16.6. The van der Waals surface area contributed by atoms with Gasteiger partial charge in [0.05, 0.1) is 6.61 Å². The first-order valence-electron chi connectivity index (χ1n) is 6.12. The van der Waals surface area contributed by atoms with Gasteiger partial charge in [-0.05, 0) is 12.1 Å². The lowest BCUT2D eigenvalue weighted by Gasteiger charge is -2.26. The molecule has 0 atom stereocenters. The maximum Gasteiger partial charge on any atom is 0.412 e. The summed E-state index contributed by atoms with van der Waals surface area (Å²) in [5.74, 6) is 0.437. The van der Waals surface area contributed by atoms with Crippen LogP contribution in [-0.4, -0.2) is 49.7 Å². The zero-order valence-corrected chi connectivity index (χ0v) is 10.5. The van der Waals surface area contributed by atoms with Crippen molar-refractivity contribution in [2.75, 3.05) is 32.8 Å². The van der Waals surface area contributed by atoms with Gasteiger partial charge in [0.1, 0.15) is 12.4 Å². The molecule has 1 saturated heterocycles. The third-order valence-corrected chi connectivity index (χ3v) is 2.69. The van der Waals surface area contributed by atoms with Gasteiger partial charge in [0.2, 0.25) is 5.91 Å². The van der Waals surface area contributed by atoms with Gasteiger partial charge in [-0.25, -0.2) is 4.79 Å². The highest BCUT2D eigenvalue weighted by molar-refractivity contribution is 5.78. The van der Waals surface area contributed by atoms with E-state index in [-0.39, 0.29) is 12.5 Å². The van der Waals surface area contributed by atoms with Crippen molar-refractivity contribution in [3.63, 3.8) is 0 Å². The van der Waals surface area contributed by atoms with Gasteiger partial charge in [-0.1, -0.05) is 18.2 Å². The van der Waals surface area contributed by atoms with Crippen molar-refractivity contribution >= 4 is 12.0 Å². The van der Waals surface area contributed by atoms with Crippen LogP contribution < -0.4 is 10.1 Å². The van der Waals surface area contributed by atoms with E-state index in [9.17, 15) is 9.59 Å². The number of para-hydroxylation sites is 1. The van der Waals surface area contributed by atoms with Gasteiger partial charge in [-0.15, -0.1) is 0 Å². The number of amides is 2. The molecule has 102 valence electrons. The molecule has 6 heteroatoms. The molecule has 6 nitrogen and oxygen atoms in total. The van der Waals surface area contributed by atoms with Crippen LogP contribution in [0.2, 0.25) is 0 Å². The first-order valence-corrected chi connectivity index (χ1v) is 6.12. The van der Waals surface area contributed by atoms with Crippen LogP contribution in [0.25, 0.3) is 0 Å². The van der Waals surface area contributed by atoms with Crippen LogP contribution >= 0.6 is 0 Å². The summed E-state index contributed by atoms with van der Waals surface area (Å²) in [4.78, 5) is 24.6. The quantitative estimate of drug-likeness (QED) is 0.866. The lowest BCUT2D eigenvalue weighted by atomic mass is 10.3. The van der Waals surface area contributed by atoms with Crippen molar-refractivity contribution in [1.29, 1.82) is 0 Å². The van der Waals surface area contributed by atoms with Crippen molar-refractivity contribution in [1.82, 2.24) is 10.2 Å². The number of benzene rings is 1. The number of carbonyl (C=O) groups is 2. The number of hydrogen-bond acceptors (Lipinski definition) is 4. The summed E-state index contributed by atoms with van der Waals surface area (Å²) in [6.07, 6.45) is -0.521. The summed E-state index contributed by atoms with van der Waals surface area (Å²) in [6.45, 7) is 2.05. The molecule has 0 saturated carbocycles. The number of ether oxygens (including phenoxy) is 2. The fraction of sp³-hybridized carbons (Fsp3) is 0.385. The molecule has 0 aromatic heterocycles. The highest BCUT2D eigenvalue weighted by Crippen LogP contribution is 2.07. The molecule has 1 aliphatic rings. The molecule has 2 amide bonds. The lowest BCUT2D eigenvalue weighted by Crippen LogP contribution is -2.45. The maximum absolute atomic E-state index is 11.5. The molecule has 1 aromatic rings. The summed E-state index contributed by atoms with van der Waals surface area (Å²) in [5, 5.41) is 2.60. The molecule has 1 heterocycles. The largest absolute Gasteiger partial charge is 0.412 e. The Morgan fingerprint density at radius 1 is 1.37 bits per heavy atom. The van der Waals surface area contributed by atoms with Gasteiger partial charge < -0.3 is 19.7 Å². The summed E-state index contributed by atoms with van der Waals surface area (Å²) in [6, 6.07) is 8.81. The van der Waals surface area contributed by atoms with E-state index in [1.54, 1.807) is 29.2 Å². The van der Waals surface area contributed by atoms with Crippen molar-refractivity contribution in [2.45, 2.75) is 0 Å². The summed E-state index contributed by atoms with van der Waals surface area (Å²) in [7, 11) is 0. The Labute approximate surface area is 111 Å². The fourth-order valence-corrected chi connectivity index (χ4v) is 1.71. The van der Waals surface area contributed by atoms with Gasteiger partial charge in [-0.2, -0.15) is 0 Å². The Morgan fingerprint density at radius 3 is 2.89 bits per heavy atom. The molecule has 0 unspecified atom stereocenters. The maximum atomic E-state index is 11.5. The predicted octanol–water partition coefficient (Wildman–Crippen LogP) is 0.634. The van der Waals surface area contributed by atoms with Gasteiger partial charge >= 0.3 is 6.09 Å². The van der Waals surface area contributed by atoms with Crippen LogP contribution in [0.5, 0.6) is 5.75 Å². The first-order chi connectivity index (χ1) is 9.25. The monoisotopic (exact) mass is 264 g/mol. The molecule has 2 rings (SSSR count). The normalized spacial score (nSPS) is 15.2. The second-order valence-corrected chi connectivity index (χ2v) is 4.06. The SMILES string of the molecule is O=C(NCCN1CCOCC1=O)Oc1ccccc1. The van der Waals surface area contributed by atoms with E-state index in [0.29, 0.717) is 32.0 Å². The fourth-order valence-electron chi connectivity index (χ4n) is 1.71. The van der Waals surface area contributed by atoms with Crippen LogP contribution in [0.15, 0.2) is 30.3 Å². The van der Waals surface area contributed by atoms with Crippen LogP contribution in [0.4, 0.5) is 4.79 Å². The third-order valence-electron chi connectivity index (χ3n) is 2.69. The minimum Gasteiger partial charge on any atom is -0.410 e. The minimum absolute atomic E-state index is 0.0514. The van der Waals surface area contributed by atoms with Crippen molar-refractivity contribution in [3.05, 3.63) is 30.3 Å². The van der Waals surface area contributed by atoms with Gasteiger partial charge in [0.25, 0.3) is 0 Å². The molecule has 1 N–H and O–H groups in total. The van der Waals surface area contributed by atoms with E-state index < -0.39 is 6.09 Å². The Kier molecular flexibility index (Phi) is 4.74. The van der Waals surface area contributed by atoms with Gasteiger partial charge in [0, 0.05) is 19.6 Å². The molecule has 1 fully saturated rings. The van der Waals surface area contributed by atoms with Crippen LogP contribution in [-0.2, 0) is 9.53 Å². The van der Waals surface area contributed by atoms with Crippen molar-refractivity contribution in [3.8, 4) is 5.75 Å². The van der Waals surface area contributed by atoms with E-state index in [0.717, 1.165) is 0 Å². The molecule has 19 heavy (non-hydrogen) atoms. The molecule has 0 spiro atoms. The summed E-state index contributed by atoms with van der Waals surface area (Å²) >= 11 is 0. The van der Waals surface area contributed by atoms with E-state index in [1.807, 2.05) is 6.07 Å². The van der Waals surface area contributed by atoms with Gasteiger partial charge in [0.15, 0.2) is 0 Å². The number of morpholine rings is 1. The molecule has 0 aliphatic carbocycles. The molecule has 1 aliphatic heterocycles. The zero-order chi connectivity index (χ0) is 13.5. The number of hydrogen-bond donors (Lipinski definition) is 1. The second-order valence-electron chi connectivity index (χ2n) is 4.06. The standard InChI is InChI=1S/C13H16N2O4/c16-12-10-18-9-8-15(12)7-6-14-13(17)19-11-4-2-1-3-5-11/h1-5H,6-10H2,(H,14,17). The number of nitrogens with one attached hydrogen (secondary N) is 1. The molecular formula is C13H16N2O4. The van der Waals surface area contributed by atoms with Crippen LogP contribution in [0.1, 0.15) is 0 Å². The molecule has 0 bridgehead atoms. The van der Waals surface area contributed by atoms with E-state index in [2.05, 4.69) is 5.32 Å². The van der Waals surface area contributed by atoms with Crippen LogP contribution in [0, 0.1) is 0 Å². The predicted molar refractivity (Wildman–Crippen MR) is 67.9 cm³/mol. The third kappa shape index (κ3) is 4.26. The highest BCUT2D eigenvalue weighted by Gasteiger charge is 2.18. The van der Waals surface area contributed by atoms with E-state index in [1.165, 1.54) is 0 Å². The summed E-state index contributed by atoms with van der Waals surface area (Å²) < 4.78 is 10.1. The van der Waals surface area contributed by atoms with Crippen molar-refractivity contribution < 1.29 is 19.1 Å². The Hall–Kier alpha value is -2.08. The lowest BCUT2D eigenvalue weighted by molar-refractivity contribution is -0.142. The molecular weight excluding hydrogens is 248 g/mol. The number of rotatable bonds is 4. The smallest absolute Gasteiger partial charge is 0.410 e. The Morgan fingerprint density at radius 2 is 2.16 bits per heavy atom. The zero-order valence-electron chi connectivity index (χ0n) is 10.5. The average Bonchev–Trinajstić information content (AvgIpc) is 2.42. The minimum atomic E-state index is -0.521. The van der Waals surface area contributed by atoms with Gasteiger partial charge in [-0.3, -0.25) is 4.79 Å². The molecule has 1 aromatic carbocycles. The van der Waals surface area contributed by atoms with E-state index >= 15 is 0 Å². The van der Waals surface area contributed by atoms with E-state index in [4.69, 9.17) is 9.47 Å². The van der Waals surface area contributed by atoms with Crippen LogP contribution in [0.3, 0.4) is 0 Å².